The van der Waals surface area contributed by atoms with Crippen molar-refractivity contribution in [3.8, 4) is 12.0 Å². The van der Waals surface area contributed by atoms with Crippen molar-refractivity contribution in [3.63, 3.8) is 0 Å². The zero-order valence-electron chi connectivity index (χ0n) is 11.8. The van der Waals surface area contributed by atoms with Crippen LogP contribution in [-0.4, -0.2) is 0 Å². The van der Waals surface area contributed by atoms with E-state index in [4.69, 9.17) is 4.74 Å². The maximum absolute atomic E-state index is 4.84. The van der Waals surface area contributed by atoms with Gasteiger partial charge in [0.05, 0.1) is 0 Å². The van der Waals surface area contributed by atoms with Gasteiger partial charge in [-0.3, -0.25) is 0 Å². The molecule has 0 atom stereocenters. The van der Waals surface area contributed by atoms with E-state index in [1.54, 1.807) is 6.61 Å². The quantitative estimate of drug-likeness (QED) is 0.342. The molecule has 0 fully saturated rings. The van der Waals surface area contributed by atoms with Crippen LogP contribution in [0.1, 0.15) is 84.5 Å². The Balaban J connectivity index is 2.97. The van der Waals surface area contributed by atoms with Crippen molar-refractivity contribution in [2.75, 3.05) is 0 Å². The summed E-state index contributed by atoms with van der Waals surface area (Å²) in [5.74, 6) is 3.01. The Morgan fingerprint density at radius 1 is 0.824 bits per heavy atom. The Morgan fingerprint density at radius 3 is 1.88 bits per heavy atom. The normalized spacial score (nSPS) is 9.76. The van der Waals surface area contributed by atoms with Crippen LogP contribution in [0, 0.1) is 18.6 Å². The summed E-state index contributed by atoms with van der Waals surface area (Å²) in [6.07, 6.45) is 17.4. The van der Waals surface area contributed by atoms with Gasteiger partial charge < -0.3 is 4.74 Å². The van der Waals surface area contributed by atoms with E-state index in [0.717, 1.165) is 6.42 Å². The standard InChI is InChI=1S/C16H29O/c1-3-5-6-7-8-9-10-11-12-13-14-15-16-17-4-2/h4H,3,5-14H2,1-2H3. The van der Waals surface area contributed by atoms with Gasteiger partial charge in [0.1, 0.15) is 12.7 Å². The minimum Gasteiger partial charge on any atom is -0.440 e. The number of ether oxygens (including phenoxy) is 1. The number of hydrogen-bond acceptors (Lipinski definition) is 1. The molecular weight excluding hydrogens is 208 g/mol. The van der Waals surface area contributed by atoms with Gasteiger partial charge in [-0.1, -0.05) is 70.6 Å². The third-order valence-corrected chi connectivity index (χ3v) is 2.90. The Bertz CT molecular complexity index is 187. The van der Waals surface area contributed by atoms with Gasteiger partial charge in [-0.15, -0.1) is 0 Å². The highest BCUT2D eigenvalue weighted by atomic mass is 16.5. The predicted octanol–water partition coefficient (Wildman–Crippen LogP) is 5.46. The van der Waals surface area contributed by atoms with E-state index in [9.17, 15) is 0 Å². The molecule has 0 aliphatic heterocycles. The predicted molar refractivity (Wildman–Crippen MR) is 75.3 cm³/mol. The van der Waals surface area contributed by atoms with Gasteiger partial charge in [0.25, 0.3) is 0 Å². The maximum Gasteiger partial charge on any atom is 0.145 e. The highest BCUT2D eigenvalue weighted by Gasteiger charge is 1.91. The molecule has 0 rings (SSSR count). The van der Waals surface area contributed by atoms with Crippen molar-refractivity contribution in [1.82, 2.24) is 0 Å². The van der Waals surface area contributed by atoms with E-state index in [1.807, 2.05) is 6.92 Å². The molecule has 1 heteroatoms. The SMILES string of the molecule is C[CH]OC#CCCCCCCCCCCCC. The van der Waals surface area contributed by atoms with Crippen LogP contribution in [-0.2, 0) is 4.74 Å². The first-order valence-corrected chi connectivity index (χ1v) is 7.33. The average molecular weight is 237 g/mol. The van der Waals surface area contributed by atoms with Crippen LogP contribution in [0.25, 0.3) is 0 Å². The first-order valence-electron chi connectivity index (χ1n) is 7.33. The van der Waals surface area contributed by atoms with E-state index in [0.29, 0.717) is 0 Å². The molecule has 0 aliphatic rings. The van der Waals surface area contributed by atoms with Crippen LogP contribution in [0.2, 0.25) is 0 Å². The Hall–Kier alpha value is -0.640. The van der Waals surface area contributed by atoms with Crippen LogP contribution in [0.5, 0.6) is 0 Å². The summed E-state index contributed by atoms with van der Waals surface area (Å²) in [6, 6.07) is 0. The molecule has 0 aromatic carbocycles. The lowest BCUT2D eigenvalue weighted by molar-refractivity contribution is 0.374. The molecule has 0 amide bonds. The van der Waals surface area contributed by atoms with E-state index in [2.05, 4.69) is 19.0 Å². The lowest BCUT2D eigenvalue weighted by atomic mass is 10.1. The molecule has 99 valence electrons. The Kier molecular flexibility index (Phi) is 14.8. The minimum absolute atomic E-state index is 0.977. The molecule has 0 saturated heterocycles. The lowest BCUT2D eigenvalue weighted by Gasteiger charge is -2.00. The lowest BCUT2D eigenvalue weighted by Crippen LogP contribution is -1.81. The summed E-state index contributed by atoms with van der Waals surface area (Å²) in [6.45, 7) is 5.73. The van der Waals surface area contributed by atoms with E-state index >= 15 is 0 Å². The van der Waals surface area contributed by atoms with Gasteiger partial charge in [0.15, 0.2) is 0 Å². The van der Waals surface area contributed by atoms with E-state index in [1.165, 1.54) is 64.2 Å². The summed E-state index contributed by atoms with van der Waals surface area (Å²) in [5, 5.41) is 0. The summed E-state index contributed by atoms with van der Waals surface area (Å²) in [4.78, 5) is 0. The molecule has 0 aromatic rings. The summed E-state index contributed by atoms with van der Waals surface area (Å²) in [5.41, 5.74) is 0. The first kappa shape index (κ1) is 16.4. The van der Waals surface area contributed by atoms with Crippen LogP contribution >= 0.6 is 0 Å². The average Bonchev–Trinajstić information content (AvgIpc) is 2.35. The molecule has 0 heterocycles. The number of unbranched alkanes of at least 4 members (excludes halogenated alkanes) is 10. The maximum atomic E-state index is 4.84. The highest BCUT2D eigenvalue weighted by Crippen LogP contribution is 2.10. The van der Waals surface area contributed by atoms with Crippen LogP contribution in [0.15, 0.2) is 0 Å². The smallest absolute Gasteiger partial charge is 0.145 e. The van der Waals surface area contributed by atoms with Gasteiger partial charge >= 0.3 is 0 Å². The first-order chi connectivity index (χ1) is 8.41. The van der Waals surface area contributed by atoms with Gasteiger partial charge in [-0.05, 0) is 13.3 Å². The zero-order valence-corrected chi connectivity index (χ0v) is 11.8. The van der Waals surface area contributed by atoms with E-state index < -0.39 is 0 Å². The van der Waals surface area contributed by atoms with Crippen LogP contribution < -0.4 is 0 Å². The molecule has 0 bridgehead atoms. The fraction of sp³-hybridized carbons (Fsp3) is 0.812. The molecule has 17 heavy (non-hydrogen) atoms. The molecule has 0 aliphatic carbocycles. The molecule has 0 N–H and O–H groups in total. The highest BCUT2D eigenvalue weighted by molar-refractivity contribution is 4.91. The number of rotatable bonds is 11. The molecular formula is C16H29O. The summed E-state index contributed by atoms with van der Waals surface area (Å²) in [7, 11) is 0. The fourth-order valence-corrected chi connectivity index (χ4v) is 1.85. The number of hydrogen-bond donors (Lipinski definition) is 0. The summed E-state index contributed by atoms with van der Waals surface area (Å²) < 4.78 is 4.84. The molecule has 0 spiro atoms. The second-order valence-corrected chi connectivity index (χ2v) is 4.56. The third-order valence-electron chi connectivity index (χ3n) is 2.90. The van der Waals surface area contributed by atoms with Gasteiger partial charge in [-0.25, -0.2) is 0 Å². The Labute approximate surface area is 108 Å². The zero-order chi connectivity index (χ0) is 12.6. The molecule has 1 radical (unpaired) electrons. The van der Waals surface area contributed by atoms with Crippen LogP contribution in [0.3, 0.4) is 0 Å². The van der Waals surface area contributed by atoms with Crippen molar-refractivity contribution in [1.29, 1.82) is 0 Å². The largest absolute Gasteiger partial charge is 0.440 e. The summed E-state index contributed by atoms with van der Waals surface area (Å²) >= 11 is 0. The Morgan fingerprint density at radius 2 is 1.35 bits per heavy atom. The minimum atomic E-state index is 0.977. The molecule has 0 unspecified atom stereocenters. The van der Waals surface area contributed by atoms with Gasteiger partial charge in [0.2, 0.25) is 0 Å². The second-order valence-electron chi connectivity index (χ2n) is 4.56. The molecule has 0 aromatic heterocycles. The third kappa shape index (κ3) is 15.4. The molecule has 1 nitrogen and oxygen atoms in total. The van der Waals surface area contributed by atoms with Crippen molar-refractivity contribution >= 4 is 0 Å². The van der Waals surface area contributed by atoms with Gasteiger partial charge in [-0.2, -0.15) is 0 Å². The van der Waals surface area contributed by atoms with Crippen molar-refractivity contribution in [2.45, 2.75) is 84.5 Å². The van der Waals surface area contributed by atoms with Crippen molar-refractivity contribution in [3.05, 3.63) is 6.61 Å². The molecule has 0 saturated carbocycles. The van der Waals surface area contributed by atoms with Crippen molar-refractivity contribution in [2.24, 2.45) is 0 Å². The van der Waals surface area contributed by atoms with E-state index in [-0.39, 0.29) is 0 Å². The van der Waals surface area contributed by atoms with Crippen molar-refractivity contribution < 1.29 is 4.74 Å². The second kappa shape index (κ2) is 15.4. The topological polar surface area (TPSA) is 9.23 Å². The van der Waals surface area contributed by atoms with Crippen LogP contribution in [0.4, 0.5) is 0 Å². The monoisotopic (exact) mass is 237 g/mol. The van der Waals surface area contributed by atoms with Gasteiger partial charge in [0, 0.05) is 6.42 Å². The fourth-order valence-electron chi connectivity index (χ4n) is 1.85.